The van der Waals surface area contributed by atoms with Crippen LogP contribution in [0.3, 0.4) is 0 Å². The molecule has 8 heteroatoms. The molecule has 144 valence electrons. The quantitative estimate of drug-likeness (QED) is 0.721. The number of amides is 2. The normalized spacial score (nSPS) is 11.8. The van der Waals surface area contributed by atoms with Gasteiger partial charge >= 0.3 is 6.18 Å². The van der Waals surface area contributed by atoms with Gasteiger partial charge in [0.05, 0.1) is 5.56 Å². The van der Waals surface area contributed by atoms with Crippen molar-refractivity contribution in [2.75, 3.05) is 5.32 Å². The maximum absolute atomic E-state index is 12.8. The molecule has 2 rings (SSSR count). The fourth-order valence-corrected chi connectivity index (χ4v) is 2.40. The number of anilines is 1. The van der Waals surface area contributed by atoms with Gasteiger partial charge in [-0.3, -0.25) is 9.59 Å². The van der Waals surface area contributed by atoms with Gasteiger partial charge in [-0.2, -0.15) is 13.2 Å². The van der Waals surface area contributed by atoms with E-state index in [9.17, 15) is 22.8 Å². The minimum Gasteiger partial charge on any atom is -0.351 e. The van der Waals surface area contributed by atoms with Crippen molar-refractivity contribution in [3.63, 3.8) is 0 Å². The van der Waals surface area contributed by atoms with Gasteiger partial charge in [0.25, 0.3) is 0 Å². The zero-order valence-electron chi connectivity index (χ0n) is 14.7. The van der Waals surface area contributed by atoms with Crippen LogP contribution < -0.4 is 10.6 Å². The summed E-state index contributed by atoms with van der Waals surface area (Å²) in [5.41, 5.74) is -1.75. The Hall–Kier alpha value is -2.54. The molecule has 0 bridgehead atoms. The standard InChI is InChI=1S/C19H18ClF3N2O2/c1-18(2,16(26)24-11-12-6-3-4-9-15(12)20)17(27)25-14-8-5-7-13(10-14)19(21,22)23/h3-10H,11H2,1-2H3,(H,24,26)(H,25,27). The Labute approximate surface area is 159 Å². The number of benzene rings is 2. The third kappa shape index (κ3) is 5.23. The van der Waals surface area contributed by atoms with Gasteiger partial charge in [-0.25, -0.2) is 0 Å². The number of hydrogen-bond donors (Lipinski definition) is 2. The third-order valence-corrected chi connectivity index (χ3v) is 4.35. The molecule has 2 amide bonds. The van der Waals surface area contributed by atoms with Crippen LogP contribution in [0.1, 0.15) is 25.0 Å². The van der Waals surface area contributed by atoms with Gasteiger partial charge in [-0.15, -0.1) is 0 Å². The molecule has 0 aliphatic heterocycles. The Balaban J connectivity index is 2.06. The lowest BCUT2D eigenvalue weighted by Crippen LogP contribution is -2.44. The smallest absolute Gasteiger partial charge is 0.351 e. The van der Waals surface area contributed by atoms with E-state index >= 15 is 0 Å². The summed E-state index contributed by atoms with van der Waals surface area (Å²) in [6.07, 6.45) is -4.53. The number of rotatable bonds is 5. The fourth-order valence-electron chi connectivity index (χ4n) is 2.20. The third-order valence-electron chi connectivity index (χ3n) is 3.98. The molecular formula is C19H18ClF3N2O2. The fraction of sp³-hybridized carbons (Fsp3) is 0.263. The Morgan fingerprint density at radius 3 is 2.30 bits per heavy atom. The zero-order valence-corrected chi connectivity index (χ0v) is 15.4. The molecule has 0 fully saturated rings. The second kappa shape index (κ2) is 8.00. The Morgan fingerprint density at radius 1 is 1.00 bits per heavy atom. The van der Waals surface area contributed by atoms with E-state index in [-0.39, 0.29) is 12.2 Å². The van der Waals surface area contributed by atoms with Gasteiger partial charge in [0.15, 0.2) is 0 Å². The molecule has 2 N–H and O–H groups in total. The highest BCUT2D eigenvalue weighted by atomic mass is 35.5. The number of nitrogens with one attached hydrogen (secondary N) is 2. The van der Waals surface area contributed by atoms with E-state index in [0.29, 0.717) is 10.6 Å². The number of alkyl halides is 3. The number of carbonyl (C=O) groups excluding carboxylic acids is 2. The van der Waals surface area contributed by atoms with Crippen LogP contribution in [-0.4, -0.2) is 11.8 Å². The molecule has 0 saturated heterocycles. The van der Waals surface area contributed by atoms with Crippen LogP contribution >= 0.6 is 11.6 Å². The van der Waals surface area contributed by atoms with E-state index in [0.717, 1.165) is 12.1 Å². The van der Waals surface area contributed by atoms with Crippen LogP contribution in [-0.2, 0) is 22.3 Å². The summed E-state index contributed by atoms with van der Waals surface area (Å²) < 4.78 is 38.3. The maximum atomic E-state index is 12.8. The molecule has 0 atom stereocenters. The van der Waals surface area contributed by atoms with E-state index < -0.39 is 29.0 Å². The second-order valence-electron chi connectivity index (χ2n) is 6.43. The van der Waals surface area contributed by atoms with E-state index in [1.165, 1.54) is 26.0 Å². The SMILES string of the molecule is CC(C)(C(=O)NCc1ccccc1Cl)C(=O)Nc1cccc(C(F)(F)F)c1. The summed E-state index contributed by atoms with van der Waals surface area (Å²) in [7, 11) is 0. The molecule has 0 aliphatic carbocycles. The molecule has 2 aromatic carbocycles. The first-order valence-corrected chi connectivity index (χ1v) is 8.40. The highest BCUT2D eigenvalue weighted by Crippen LogP contribution is 2.31. The van der Waals surface area contributed by atoms with Gasteiger partial charge < -0.3 is 10.6 Å². The van der Waals surface area contributed by atoms with E-state index in [4.69, 9.17) is 11.6 Å². The molecule has 0 saturated carbocycles. The van der Waals surface area contributed by atoms with Crippen molar-refractivity contribution in [1.29, 1.82) is 0 Å². The van der Waals surface area contributed by atoms with Crippen LogP contribution in [0.15, 0.2) is 48.5 Å². The van der Waals surface area contributed by atoms with Crippen molar-refractivity contribution >= 4 is 29.1 Å². The van der Waals surface area contributed by atoms with Crippen LogP contribution in [0.4, 0.5) is 18.9 Å². The van der Waals surface area contributed by atoms with Crippen molar-refractivity contribution in [2.24, 2.45) is 5.41 Å². The molecule has 0 heterocycles. The lowest BCUT2D eigenvalue weighted by Gasteiger charge is -2.23. The van der Waals surface area contributed by atoms with Crippen LogP contribution in [0.5, 0.6) is 0 Å². The molecule has 0 unspecified atom stereocenters. The largest absolute Gasteiger partial charge is 0.416 e. The van der Waals surface area contributed by atoms with Crippen LogP contribution in [0, 0.1) is 5.41 Å². The average Bonchev–Trinajstić information content (AvgIpc) is 2.60. The summed E-state index contributed by atoms with van der Waals surface area (Å²) in [6.45, 7) is 2.90. The molecule has 27 heavy (non-hydrogen) atoms. The Morgan fingerprint density at radius 2 is 1.67 bits per heavy atom. The number of carbonyl (C=O) groups is 2. The van der Waals surface area contributed by atoms with Crippen LogP contribution in [0.2, 0.25) is 5.02 Å². The molecule has 4 nitrogen and oxygen atoms in total. The van der Waals surface area contributed by atoms with Gasteiger partial charge in [0.1, 0.15) is 5.41 Å². The molecule has 0 spiro atoms. The van der Waals surface area contributed by atoms with Crippen molar-refractivity contribution in [3.05, 3.63) is 64.7 Å². The zero-order chi connectivity index (χ0) is 20.2. The Bertz CT molecular complexity index is 851. The molecule has 2 aromatic rings. The van der Waals surface area contributed by atoms with E-state index in [1.807, 2.05) is 0 Å². The van der Waals surface area contributed by atoms with Gasteiger partial charge in [0.2, 0.25) is 11.8 Å². The lowest BCUT2D eigenvalue weighted by atomic mass is 9.90. The monoisotopic (exact) mass is 398 g/mol. The molecule has 0 aromatic heterocycles. The predicted octanol–water partition coefficient (Wildman–Crippen LogP) is 4.64. The second-order valence-corrected chi connectivity index (χ2v) is 6.84. The van der Waals surface area contributed by atoms with Gasteiger partial charge in [-0.1, -0.05) is 35.9 Å². The van der Waals surface area contributed by atoms with Crippen molar-refractivity contribution in [1.82, 2.24) is 5.32 Å². The summed E-state index contributed by atoms with van der Waals surface area (Å²) in [5.74, 6) is -1.30. The molecule has 0 radical (unpaired) electrons. The first-order valence-electron chi connectivity index (χ1n) is 8.02. The van der Waals surface area contributed by atoms with Crippen LogP contribution in [0.25, 0.3) is 0 Å². The highest BCUT2D eigenvalue weighted by Gasteiger charge is 2.36. The topological polar surface area (TPSA) is 58.2 Å². The average molecular weight is 399 g/mol. The highest BCUT2D eigenvalue weighted by molar-refractivity contribution is 6.31. The predicted molar refractivity (Wildman–Crippen MR) is 97.2 cm³/mol. The molecular weight excluding hydrogens is 381 g/mol. The van der Waals surface area contributed by atoms with Gasteiger partial charge in [-0.05, 0) is 43.7 Å². The first-order chi connectivity index (χ1) is 12.5. The summed E-state index contributed by atoms with van der Waals surface area (Å²) in [6, 6.07) is 11.1. The molecule has 0 aliphatic rings. The van der Waals surface area contributed by atoms with E-state index in [2.05, 4.69) is 10.6 Å². The Kier molecular flexibility index (Phi) is 6.15. The van der Waals surface area contributed by atoms with Crippen molar-refractivity contribution in [3.8, 4) is 0 Å². The summed E-state index contributed by atoms with van der Waals surface area (Å²) in [4.78, 5) is 24.8. The summed E-state index contributed by atoms with van der Waals surface area (Å²) >= 11 is 6.02. The summed E-state index contributed by atoms with van der Waals surface area (Å²) in [5, 5.41) is 5.45. The minimum atomic E-state index is -4.53. The number of hydrogen-bond acceptors (Lipinski definition) is 2. The number of halogens is 4. The lowest BCUT2D eigenvalue weighted by molar-refractivity contribution is -0.139. The van der Waals surface area contributed by atoms with E-state index in [1.54, 1.807) is 24.3 Å². The first kappa shape index (κ1) is 20.8. The van der Waals surface area contributed by atoms with Crippen molar-refractivity contribution < 1.29 is 22.8 Å². The maximum Gasteiger partial charge on any atom is 0.416 e. The van der Waals surface area contributed by atoms with Crippen molar-refractivity contribution in [2.45, 2.75) is 26.6 Å². The minimum absolute atomic E-state index is 0.0400. The van der Waals surface area contributed by atoms with Gasteiger partial charge in [0, 0.05) is 17.3 Å².